The van der Waals surface area contributed by atoms with Crippen molar-refractivity contribution in [3.05, 3.63) is 68.4 Å². The average molecular weight is 534 g/mol. The highest BCUT2D eigenvalue weighted by Gasteiger charge is 2.29. The molecular formula is C24H28Cl3FN2O2S. The molecule has 1 N–H and O–H groups in total. The van der Waals surface area contributed by atoms with Crippen LogP contribution in [0.5, 0.6) is 0 Å². The molecule has 0 aliphatic heterocycles. The Morgan fingerprint density at radius 1 is 1.12 bits per heavy atom. The molecule has 0 aliphatic rings. The van der Waals surface area contributed by atoms with Crippen molar-refractivity contribution in [3.8, 4) is 0 Å². The number of hydrogen-bond acceptors (Lipinski definition) is 3. The van der Waals surface area contributed by atoms with Crippen LogP contribution in [0.1, 0.15) is 38.3 Å². The van der Waals surface area contributed by atoms with E-state index in [0.717, 1.165) is 0 Å². The number of carbonyl (C=O) groups excluding carboxylic acids is 2. The van der Waals surface area contributed by atoms with Crippen molar-refractivity contribution in [3.63, 3.8) is 0 Å². The Bertz CT molecular complexity index is 954. The van der Waals surface area contributed by atoms with Gasteiger partial charge in [0.25, 0.3) is 0 Å². The van der Waals surface area contributed by atoms with E-state index in [2.05, 4.69) is 5.32 Å². The summed E-state index contributed by atoms with van der Waals surface area (Å²) in [5, 5.41) is 4.14. The monoisotopic (exact) mass is 532 g/mol. The van der Waals surface area contributed by atoms with Crippen molar-refractivity contribution in [2.24, 2.45) is 5.92 Å². The molecule has 2 rings (SSSR count). The van der Waals surface area contributed by atoms with E-state index in [4.69, 9.17) is 34.8 Å². The smallest absolute Gasteiger partial charge is 0.242 e. The fourth-order valence-corrected chi connectivity index (χ4v) is 4.89. The number of nitrogens with one attached hydrogen (secondary N) is 1. The second-order valence-corrected chi connectivity index (χ2v) is 10.2. The molecular weight excluding hydrogens is 506 g/mol. The summed E-state index contributed by atoms with van der Waals surface area (Å²) in [6, 6.07) is 8.87. The van der Waals surface area contributed by atoms with Crippen LogP contribution in [-0.2, 0) is 21.9 Å². The second kappa shape index (κ2) is 13.4. The molecule has 0 heterocycles. The molecule has 0 fully saturated rings. The standard InChI is InChI=1S/C24H28Cl3FN2O2S/c1-4-22(24(32)29-11-15(2)3)30(12-16-8-9-17(25)10-20(16)27)23(31)14-33-13-18-19(26)6-5-7-21(18)28/h5-10,15,22H,4,11-14H2,1-3H3,(H,29,32)/t22-/m0/s1. The van der Waals surface area contributed by atoms with Crippen molar-refractivity contribution >= 4 is 58.4 Å². The molecule has 0 spiro atoms. The molecule has 0 aliphatic carbocycles. The van der Waals surface area contributed by atoms with Crippen molar-refractivity contribution in [2.45, 2.75) is 45.5 Å². The molecule has 0 unspecified atom stereocenters. The summed E-state index contributed by atoms with van der Waals surface area (Å²) < 4.78 is 14.1. The third-order valence-corrected chi connectivity index (χ3v) is 6.84. The number of amides is 2. The Balaban J connectivity index is 2.20. The quantitative estimate of drug-likeness (QED) is 0.354. The molecule has 0 saturated heterocycles. The molecule has 0 radical (unpaired) electrons. The van der Waals surface area contributed by atoms with E-state index in [-0.39, 0.29) is 35.8 Å². The van der Waals surface area contributed by atoms with Crippen LogP contribution in [0, 0.1) is 11.7 Å². The number of halogens is 4. The van der Waals surface area contributed by atoms with Gasteiger partial charge in [-0.25, -0.2) is 4.39 Å². The molecule has 180 valence electrons. The Hall–Kier alpha value is -1.47. The Morgan fingerprint density at radius 2 is 1.85 bits per heavy atom. The highest BCUT2D eigenvalue weighted by atomic mass is 35.5. The van der Waals surface area contributed by atoms with E-state index < -0.39 is 11.9 Å². The van der Waals surface area contributed by atoms with Crippen LogP contribution in [-0.4, -0.2) is 35.1 Å². The number of thioether (sulfide) groups is 1. The van der Waals surface area contributed by atoms with Gasteiger partial charge in [0.1, 0.15) is 11.9 Å². The van der Waals surface area contributed by atoms with E-state index >= 15 is 0 Å². The van der Waals surface area contributed by atoms with Gasteiger partial charge in [0.2, 0.25) is 11.8 Å². The zero-order valence-electron chi connectivity index (χ0n) is 18.8. The number of hydrogen-bond donors (Lipinski definition) is 1. The maximum absolute atomic E-state index is 14.1. The van der Waals surface area contributed by atoms with E-state index in [9.17, 15) is 14.0 Å². The minimum Gasteiger partial charge on any atom is -0.354 e. The molecule has 2 amide bonds. The second-order valence-electron chi connectivity index (χ2n) is 8.01. The predicted molar refractivity (Wildman–Crippen MR) is 137 cm³/mol. The lowest BCUT2D eigenvalue weighted by Gasteiger charge is -2.31. The fraction of sp³-hybridized carbons (Fsp3) is 0.417. The van der Waals surface area contributed by atoms with Gasteiger partial charge in [-0.15, -0.1) is 11.8 Å². The van der Waals surface area contributed by atoms with Gasteiger partial charge in [-0.3, -0.25) is 9.59 Å². The van der Waals surface area contributed by atoms with Crippen LogP contribution in [0.25, 0.3) is 0 Å². The molecule has 9 heteroatoms. The highest BCUT2D eigenvalue weighted by molar-refractivity contribution is 7.99. The molecule has 2 aromatic rings. The van der Waals surface area contributed by atoms with Gasteiger partial charge in [0.05, 0.1) is 5.75 Å². The number of benzene rings is 2. The number of carbonyl (C=O) groups is 2. The molecule has 4 nitrogen and oxygen atoms in total. The lowest BCUT2D eigenvalue weighted by atomic mass is 10.1. The first kappa shape index (κ1) is 27.8. The third kappa shape index (κ3) is 8.36. The third-order valence-electron chi connectivity index (χ3n) is 4.96. The van der Waals surface area contributed by atoms with E-state index in [1.54, 1.807) is 24.3 Å². The van der Waals surface area contributed by atoms with E-state index in [1.165, 1.54) is 28.8 Å². The number of nitrogens with zero attached hydrogens (tertiary/aromatic N) is 1. The minimum atomic E-state index is -0.666. The first-order valence-electron chi connectivity index (χ1n) is 10.7. The van der Waals surface area contributed by atoms with Gasteiger partial charge in [0, 0.05) is 39.5 Å². The summed E-state index contributed by atoms with van der Waals surface area (Å²) in [5.41, 5.74) is 1.04. The van der Waals surface area contributed by atoms with Crippen molar-refractivity contribution in [2.75, 3.05) is 12.3 Å². The van der Waals surface area contributed by atoms with Gasteiger partial charge in [0.15, 0.2) is 0 Å². The van der Waals surface area contributed by atoms with Crippen LogP contribution >= 0.6 is 46.6 Å². The van der Waals surface area contributed by atoms with E-state index in [0.29, 0.717) is 39.2 Å². The summed E-state index contributed by atoms with van der Waals surface area (Å²) in [5.74, 6) is -0.293. The average Bonchev–Trinajstić information content (AvgIpc) is 2.75. The molecule has 33 heavy (non-hydrogen) atoms. The topological polar surface area (TPSA) is 49.4 Å². The Kier molecular flexibility index (Phi) is 11.3. The molecule has 0 aromatic heterocycles. The maximum Gasteiger partial charge on any atom is 0.242 e. The molecule has 0 saturated carbocycles. The van der Waals surface area contributed by atoms with Crippen molar-refractivity contribution in [1.29, 1.82) is 0 Å². The largest absolute Gasteiger partial charge is 0.354 e. The number of rotatable bonds is 11. The van der Waals surface area contributed by atoms with Gasteiger partial charge in [-0.05, 0) is 42.2 Å². The zero-order chi connectivity index (χ0) is 24.5. The summed E-state index contributed by atoms with van der Waals surface area (Å²) >= 11 is 19.7. The van der Waals surface area contributed by atoms with Gasteiger partial charge in [-0.2, -0.15) is 0 Å². The van der Waals surface area contributed by atoms with Crippen molar-refractivity contribution in [1.82, 2.24) is 10.2 Å². The van der Waals surface area contributed by atoms with Gasteiger partial charge in [-0.1, -0.05) is 67.7 Å². The lowest BCUT2D eigenvalue weighted by Crippen LogP contribution is -2.50. The van der Waals surface area contributed by atoms with Crippen molar-refractivity contribution < 1.29 is 14.0 Å². The molecule has 2 aromatic carbocycles. The summed E-state index contributed by atoms with van der Waals surface area (Å²) in [6.07, 6.45) is 0.435. The highest BCUT2D eigenvalue weighted by Crippen LogP contribution is 2.26. The first-order chi connectivity index (χ1) is 15.6. The summed E-state index contributed by atoms with van der Waals surface area (Å²) in [4.78, 5) is 27.7. The SMILES string of the molecule is CC[C@@H](C(=O)NCC(C)C)N(Cc1ccc(Cl)cc1Cl)C(=O)CSCc1c(F)cccc1Cl. The Morgan fingerprint density at radius 3 is 2.45 bits per heavy atom. The summed E-state index contributed by atoms with van der Waals surface area (Å²) in [7, 11) is 0. The Labute approximate surface area is 214 Å². The lowest BCUT2D eigenvalue weighted by molar-refractivity contribution is -0.139. The maximum atomic E-state index is 14.1. The zero-order valence-corrected chi connectivity index (χ0v) is 21.9. The normalized spacial score (nSPS) is 12.0. The summed E-state index contributed by atoms with van der Waals surface area (Å²) in [6.45, 7) is 6.53. The van der Waals surface area contributed by atoms with Crippen LogP contribution in [0.2, 0.25) is 15.1 Å². The van der Waals surface area contributed by atoms with Crippen LogP contribution in [0.15, 0.2) is 36.4 Å². The molecule has 1 atom stereocenters. The molecule has 0 bridgehead atoms. The minimum absolute atomic E-state index is 0.0594. The first-order valence-corrected chi connectivity index (χ1v) is 12.9. The van der Waals surface area contributed by atoms with Crippen LogP contribution < -0.4 is 5.32 Å². The predicted octanol–water partition coefficient (Wildman–Crippen LogP) is 6.60. The van der Waals surface area contributed by atoms with E-state index in [1.807, 2.05) is 20.8 Å². The van der Waals surface area contributed by atoms with Crippen LogP contribution in [0.4, 0.5) is 4.39 Å². The van der Waals surface area contributed by atoms with Gasteiger partial charge < -0.3 is 10.2 Å². The van der Waals surface area contributed by atoms with Gasteiger partial charge >= 0.3 is 0 Å². The van der Waals surface area contributed by atoms with Crippen LogP contribution in [0.3, 0.4) is 0 Å². The fourth-order valence-electron chi connectivity index (χ4n) is 3.17.